The number of nitrogens with zero attached hydrogens (tertiary/aromatic N) is 1. The lowest BCUT2D eigenvalue weighted by Gasteiger charge is -2.22. The minimum atomic E-state index is 0.413. The van der Waals surface area contributed by atoms with Gasteiger partial charge in [-0.1, -0.05) is 27.2 Å². The molecular weight excluding hydrogens is 172 g/mol. The van der Waals surface area contributed by atoms with Crippen LogP contribution in [0.25, 0.3) is 0 Å². The molecule has 2 heteroatoms. The van der Waals surface area contributed by atoms with Crippen molar-refractivity contribution in [1.29, 1.82) is 0 Å². The summed E-state index contributed by atoms with van der Waals surface area (Å²) in [7, 11) is 0. The Morgan fingerprint density at radius 2 is 1.43 bits per heavy atom. The molecule has 1 unspecified atom stereocenters. The molecule has 0 saturated carbocycles. The first kappa shape index (κ1) is 13.9. The monoisotopic (exact) mass is 200 g/mol. The van der Waals surface area contributed by atoms with Gasteiger partial charge in [0.2, 0.25) is 0 Å². The maximum atomic E-state index is 6.00. The Hall–Kier alpha value is -0.0800. The van der Waals surface area contributed by atoms with Gasteiger partial charge in [0.15, 0.2) is 0 Å². The molecule has 0 aromatic heterocycles. The van der Waals surface area contributed by atoms with Crippen LogP contribution < -0.4 is 5.73 Å². The zero-order valence-electron chi connectivity index (χ0n) is 10.3. The second-order valence-electron chi connectivity index (χ2n) is 4.18. The lowest BCUT2D eigenvalue weighted by molar-refractivity contribution is 0.261. The van der Waals surface area contributed by atoms with Crippen LogP contribution >= 0.6 is 0 Å². The molecule has 0 aliphatic carbocycles. The van der Waals surface area contributed by atoms with Gasteiger partial charge in [0.05, 0.1) is 0 Å². The third-order valence-electron chi connectivity index (χ3n) is 2.56. The van der Waals surface area contributed by atoms with Crippen molar-refractivity contribution in [2.75, 3.05) is 19.6 Å². The van der Waals surface area contributed by atoms with Gasteiger partial charge in [-0.05, 0) is 45.3 Å². The Labute approximate surface area is 89.9 Å². The van der Waals surface area contributed by atoms with E-state index in [1.807, 2.05) is 0 Å². The number of rotatable bonds is 9. The Bertz CT molecular complexity index is 109. The van der Waals surface area contributed by atoms with Crippen LogP contribution in [0.4, 0.5) is 0 Å². The van der Waals surface area contributed by atoms with Crippen molar-refractivity contribution in [2.24, 2.45) is 5.73 Å². The quantitative estimate of drug-likeness (QED) is 0.620. The van der Waals surface area contributed by atoms with Gasteiger partial charge in [0.25, 0.3) is 0 Å². The molecule has 1 atom stereocenters. The molecule has 0 bridgehead atoms. The van der Waals surface area contributed by atoms with E-state index < -0.39 is 0 Å². The fourth-order valence-corrected chi connectivity index (χ4v) is 1.83. The highest BCUT2D eigenvalue weighted by molar-refractivity contribution is 4.64. The smallest absolute Gasteiger partial charge is 0.00509 e. The summed E-state index contributed by atoms with van der Waals surface area (Å²) in [4.78, 5) is 2.54. The van der Waals surface area contributed by atoms with Crippen LogP contribution in [-0.4, -0.2) is 30.6 Å². The first-order chi connectivity index (χ1) is 6.74. The normalized spacial score (nSPS) is 13.5. The lowest BCUT2D eigenvalue weighted by atomic mass is 10.1. The van der Waals surface area contributed by atoms with Crippen molar-refractivity contribution in [2.45, 2.75) is 58.9 Å². The Morgan fingerprint density at radius 1 is 0.857 bits per heavy atom. The van der Waals surface area contributed by atoms with E-state index in [4.69, 9.17) is 5.73 Å². The van der Waals surface area contributed by atoms with E-state index >= 15 is 0 Å². The van der Waals surface area contributed by atoms with E-state index in [1.165, 1.54) is 45.3 Å². The molecule has 0 saturated heterocycles. The van der Waals surface area contributed by atoms with Gasteiger partial charge in [0, 0.05) is 6.04 Å². The van der Waals surface area contributed by atoms with Gasteiger partial charge in [-0.3, -0.25) is 0 Å². The van der Waals surface area contributed by atoms with Crippen LogP contribution in [0, 0.1) is 0 Å². The molecule has 0 amide bonds. The average molecular weight is 200 g/mol. The molecule has 86 valence electrons. The first-order valence-electron chi connectivity index (χ1n) is 6.22. The zero-order valence-corrected chi connectivity index (χ0v) is 10.3. The van der Waals surface area contributed by atoms with Crippen molar-refractivity contribution in [3.63, 3.8) is 0 Å². The van der Waals surface area contributed by atoms with E-state index in [1.54, 1.807) is 0 Å². The van der Waals surface area contributed by atoms with Crippen LogP contribution in [-0.2, 0) is 0 Å². The van der Waals surface area contributed by atoms with Gasteiger partial charge in [-0.25, -0.2) is 0 Å². The summed E-state index contributed by atoms with van der Waals surface area (Å²) in [5, 5.41) is 0. The van der Waals surface area contributed by atoms with Crippen molar-refractivity contribution < 1.29 is 0 Å². The van der Waals surface area contributed by atoms with E-state index in [0.717, 1.165) is 6.42 Å². The van der Waals surface area contributed by atoms with E-state index in [2.05, 4.69) is 25.7 Å². The molecule has 0 aromatic rings. The highest BCUT2D eigenvalue weighted by atomic mass is 15.1. The summed E-state index contributed by atoms with van der Waals surface area (Å²) in [5.41, 5.74) is 6.00. The topological polar surface area (TPSA) is 29.3 Å². The molecule has 0 heterocycles. The third kappa shape index (κ3) is 7.34. The predicted octanol–water partition coefficient (Wildman–Crippen LogP) is 2.63. The SMILES string of the molecule is CCCC(N)CCN(CCC)CCC. The minimum Gasteiger partial charge on any atom is -0.328 e. The minimum absolute atomic E-state index is 0.413. The summed E-state index contributed by atoms with van der Waals surface area (Å²) in [6.07, 6.45) is 6.05. The Morgan fingerprint density at radius 3 is 1.86 bits per heavy atom. The number of hydrogen-bond donors (Lipinski definition) is 1. The van der Waals surface area contributed by atoms with Crippen LogP contribution in [0.15, 0.2) is 0 Å². The second kappa shape index (κ2) is 9.47. The largest absolute Gasteiger partial charge is 0.328 e. The van der Waals surface area contributed by atoms with Gasteiger partial charge in [0.1, 0.15) is 0 Å². The molecule has 14 heavy (non-hydrogen) atoms. The van der Waals surface area contributed by atoms with Crippen LogP contribution in [0.2, 0.25) is 0 Å². The summed E-state index contributed by atoms with van der Waals surface area (Å²) in [5.74, 6) is 0. The maximum Gasteiger partial charge on any atom is 0.00509 e. The molecule has 0 fully saturated rings. The molecule has 0 aliphatic heterocycles. The lowest BCUT2D eigenvalue weighted by Crippen LogP contribution is -2.31. The molecule has 2 N–H and O–H groups in total. The standard InChI is InChI=1S/C12H28N2/c1-4-7-12(13)8-11-14(9-5-2)10-6-3/h12H,4-11,13H2,1-3H3. The fraction of sp³-hybridized carbons (Fsp3) is 1.00. The molecule has 0 rings (SSSR count). The van der Waals surface area contributed by atoms with Crippen molar-refractivity contribution in [3.05, 3.63) is 0 Å². The van der Waals surface area contributed by atoms with E-state index in [9.17, 15) is 0 Å². The zero-order chi connectivity index (χ0) is 10.8. The molecular formula is C12H28N2. The van der Waals surface area contributed by atoms with E-state index in [0.29, 0.717) is 6.04 Å². The third-order valence-corrected chi connectivity index (χ3v) is 2.56. The highest BCUT2D eigenvalue weighted by Crippen LogP contribution is 2.02. The van der Waals surface area contributed by atoms with Gasteiger partial charge >= 0.3 is 0 Å². The molecule has 0 spiro atoms. The number of nitrogens with two attached hydrogens (primary N) is 1. The van der Waals surface area contributed by atoms with Crippen molar-refractivity contribution in [1.82, 2.24) is 4.90 Å². The fourth-order valence-electron chi connectivity index (χ4n) is 1.83. The van der Waals surface area contributed by atoms with Gasteiger partial charge in [-0.15, -0.1) is 0 Å². The molecule has 0 radical (unpaired) electrons. The predicted molar refractivity (Wildman–Crippen MR) is 64.5 cm³/mol. The summed E-state index contributed by atoms with van der Waals surface area (Å²) >= 11 is 0. The Balaban J connectivity index is 3.57. The van der Waals surface area contributed by atoms with Crippen molar-refractivity contribution in [3.8, 4) is 0 Å². The summed E-state index contributed by atoms with van der Waals surface area (Å²) in [6, 6.07) is 0.413. The van der Waals surface area contributed by atoms with Crippen LogP contribution in [0.1, 0.15) is 52.9 Å². The summed E-state index contributed by atoms with van der Waals surface area (Å²) < 4.78 is 0. The van der Waals surface area contributed by atoms with Gasteiger partial charge in [-0.2, -0.15) is 0 Å². The first-order valence-corrected chi connectivity index (χ1v) is 6.22. The molecule has 2 nitrogen and oxygen atoms in total. The van der Waals surface area contributed by atoms with Crippen molar-refractivity contribution >= 4 is 0 Å². The maximum absolute atomic E-state index is 6.00. The van der Waals surface area contributed by atoms with Crippen LogP contribution in [0.5, 0.6) is 0 Å². The van der Waals surface area contributed by atoms with E-state index in [-0.39, 0.29) is 0 Å². The summed E-state index contributed by atoms with van der Waals surface area (Å²) in [6.45, 7) is 10.3. The second-order valence-corrected chi connectivity index (χ2v) is 4.18. The Kier molecular flexibility index (Phi) is 9.42. The molecule has 0 aromatic carbocycles. The van der Waals surface area contributed by atoms with Crippen LogP contribution in [0.3, 0.4) is 0 Å². The molecule has 0 aliphatic rings. The highest BCUT2D eigenvalue weighted by Gasteiger charge is 2.05. The number of hydrogen-bond acceptors (Lipinski definition) is 2. The average Bonchev–Trinajstić information content (AvgIpc) is 2.15. The van der Waals surface area contributed by atoms with Gasteiger partial charge < -0.3 is 10.6 Å².